The zero-order chi connectivity index (χ0) is 16.5. The molecule has 2 aromatic heterocycles. The summed E-state index contributed by atoms with van der Waals surface area (Å²) >= 11 is 0. The maximum atomic E-state index is 12.4. The normalized spacial score (nSPS) is 17.6. The van der Waals surface area contributed by atoms with E-state index in [1.165, 1.54) is 4.68 Å². The number of fused-ring (bicyclic) bond motifs is 1. The third kappa shape index (κ3) is 2.65. The molecule has 0 radical (unpaired) electrons. The lowest BCUT2D eigenvalue weighted by molar-refractivity contribution is 0.193. The highest BCUT2D eigenvalue weighted by Crippen LogP contribution is 2.22. The van der Waals surface area contributed by atoms with E-state index in [-0.39, 0.29) is 11.1 Å². The first-order valence-electron chi connectivity index (χ1n) is 7.92. The number of H-pyrrole nitrogens is 1. The number of nitrogens with one attached hydrogen (secondary N) is 1. The molecule has 1 aliphatic heterocycles. The monoisotopic (exact) mass is 327 g/mol. The summed E-state index contributed by atoms with van der Waals surface area (Å²) in [4.78, 5) is 24.5. The second-order valence-electron chi connectivity index (χ2n) is 5.91. The van der Waals surface area contributed by atoms with Crippen molar-refractivity contribution in [3.05, 3.63) is 56.9 Å². The first kappa shape index (κ1) is 14.8. The van der Waals surface area contributed by atoms with E-state index < -0.39 is 0 Å². The highest BCUT2D eigenvalue weighted by atomic mass is 16.5. The van der Waals surface area contributed by atoms with Gasteiger partial charge in [-0.2, -0.15) is 0 Å². The Morgan fingerprint density at radius 2 is 2.04 bits per heavy atom. The average Bonchev–Trinajstić information content (AvgIpc) is 3.28. The lowest BCUT2D eigenvalue weighted by Gasteiger charge is -2.07. The molecule has 8 nitrogen and oxygen atoms in total. The van der Waals surface area contributed by atoms with Crippen LogP contribution in [0.5, 0.6) is 0 Å². The van der Waals surface area contributed by atoms with Crippen LogP contribution in [0.3, 0.4) is 0 Å². The molecule has 24 heavy (non-hydrogen) atoms. The van der Waals surface area contributed by atoms with Gasteiger partial charge in [-0.15, -0.1) is 5.10 Å². The minimum Gasteiger partial charge on any atom is -0.381 e. The highest BCUT2D eigenvalue weighted by Gasteiger charge is 2.20. The Kier molecular flexibility index (Phi) is 3.73. The molecule has 3 heterocycles. The lowest BCUT2D eigenvalue weighted by atomic mass is 10.1. The summed E-state index contributed by atoms with van der Waals surface area (Å²) in [7, 11) is 0. The Bertz CT molecular complexity index is 981. The van der Waals surface area contributed by atoms with Crippen molar-refractivity contribution < 1.29 is 4.74 Å². The van der Waals surface area contributed by atoms with E-state index in [0.717, 1.165) is 18.7 Å². The summed E-state index contributed by atoms with van der Waals surface area (Å²) in [6, 6.07) is 6.80. The van der Waals surface area contributed by atoms with Crippen LogP contribution in [-0.4, -0.2) is 38.0 Å². The molecule has 1 N–H and O–H groups in total. The van der Waals surface area contributed by atoms with Gasteiger partial charge in [0, 0.05) is 18.7 Å². The molecule has 1 atom stereocenters. The minimum absolute atomic E-state index is 0.213. The van der Waals surface area contributed by atoms with E-state index in [9.17, 15) is 9.59 Å². The topological polar surface area (TPSA) is 94.8 Å². The third-order valence-electron chi connectivity index (χ3n) is 4.34. The van der Waals surface area contributed by atoms with E-state index in [4.69, 9.17) is 4.74 Å². The second kappa shape index (κ2) is 6.04. The van der Waals surface area contributed by atoms with Crippen LogP contribution in [0.1, 0.15) is 18.0 Å². The molecule has 1 saturated heterocycles. The molecule has 1 unspecified atom stereocenters. The van der Waals surface area contributed by atoms with E-state index in [1.54, 1.807) is 28.9 Å². The number of hydrogen-bond acceptors (Lipinski definition) is 5. The molecular weight excluding hydrogens is 310 g/mol. The largest absolute Gasteiger partial charge is 0.381 e. The van der Waals surface area contributed by atoms with Crippen molar-refractivity contribution in [3.8, 4) is 0 Å². The molecule has 0 saturated carbocycles. The van der Waals surface area contributed by atoms with Crippen LogP contribution in [0.2, 0.25) is 0 Å². The molecule has 0 aliphatic carbocycles. The molecule has 0 spiro atoms. The predicted molar refractivity (Wildman–Crippen MR) is 87.0 cm³/mol. The van der Waals surface area contributed by atoms with Crippen LogP contribution < -0.4 is 11.1 Å². The zero-order valence-corrected chi connectivity index (χ0v) is 13.0. The fourth-order valence-electron chi connectivity index (χ4n) is 2.98. The zero-order valence-electron chi connectivity index (χ0n) is 13.0. The highest BCUT2D eigenvalue weighted by molar-refractivity contribution is 5.80. The molecule has 3 aromatic rings. The second-order valence-corrected chi connectivity index (χ2v) is 5.91. The van der Waals surface area contributed by atoms with Crippen molar-refractivity contribution in [2.45, 2.75) is 25.4 Å². The first-order valence-corrected chi connectivity index (χ1v) is 7.92. The van der Waals surface area contributed by atoms with Gasteiger partial charge in [-0.1, -0.05) is 17.3 Å². The van der Waals surface area contributed by atoms with Gasteiger partial charge < -0.3 is 4.74 Å². The van der Waals surface area contributed by atoms with Crippen molar-refractivity contribution in [1.29, 1.82) is 0 Å². The average molecular weight is 327 g/mol. The Hall–Kier alpha value is -2.74. The smallest absolute Gasteiger partial charge is 0.273 e. The SMILES string of the molecule is O=c1[nH]n(CCn2cc(C3CCOC3)nn2)c(=O)c2ccccc12. The lowest BCUT2D eigenvalue weighted by Crippen LogP contribution is -2.31. The molecule has 1 aromatic carbocycles. The first-order chi connectivity index (χ1) is 11.7. The fraction of sp³-hybridized carbons (Fsp3) is 0.375. The summed E-state index contributed by atoms with van der Waals surface area (Å²) in [5.41, 5.74) is 0.425. The van der Waals surface area contributed by atoms with Gasteiger partial charge in [-0.3, -0.25) is 19.4 Å². The van der Waals surface area contributed by atoms with Crippen LogP contribution in [0.15, 0.2) is 40.1 Å². The third-order valence-corrected chi connectivity index (χ3v) is 4.34. The molecule has 0 amide bonds. The van der Waals surface area contributed by atoms with Gasteiger partial charge in [0.25, 0.3) is 11.1 Å². The Morgan fingerprint density at radius 1 is 1.21 bits per heavy atom. The van der Waals surface area contributed by atoms with Gasteiger partial charge in [0.05, 0.1) is 36.2 Å². The van der Waals surface area contributed by atoms with Crippen molar-refractivity contribution >= 4 is 10.8 Å². The van der Waals surface area contributed by atoms with Gasteiger partial charge >= 0.3 is 0 Å². The summed E-state index contributed by atoms with van der Waals surface area (Å²) in [6.45, 7) is 2.21. The molecular formula is C16H17N5O3. The van der Waals surface area contributed by atoms with Crippen LogP contribution in [0.4, 0.5) is 0 Å². The van der Waals surface area contributed by atoms with E-state index in [2.05, 4.69) is 15.4 Å². The minimum atomic E-state index is -0.271. The molecule has 124 valence electrons. The number of aromatic nitrogens is 5. The van der Waals surface area contributed by atoms with Gasteiger partial charge in [-0.05, 0) is 18.6 Å². The Morgan fingerprint density at radius 3 is 2.83 bits per heavy atom. The quantitative estimate of drug-likeness (QED) is 0.752. The number of nitrogens with zero attached hydrogens (tertiary/aromatic N) is 4. The molecule has 8 heteroatoms. The summed E-state index contributed by atoms with van der Waals surface area (Å²) in [5.74, 6) is 0.293. The Balaban J connectivity index is 1.56. The van der Waals surface area contributed by atoms with E-state index in [1.807, 2.05) is 6.20 Å². The van der Waals surface area contributed by atoms with Gasteiger partial charge in [-0.25, -0.2) is 4.68 Å². The van der Waals surface area contributed by atoms with Crippen LogP contribution >= 0.6 is 0 Å². The molecule has 4 rings (SSSR count). The number of aromatic amines is 1. The number of hydrogen-bond donors (Lipinski definition) is 1. The Labute approximate surface area is 136 Å². The van der Waals surface area contributed by atoms with Crippen molar-refractivity contribution in [2.75, 3.05) is 13.2 Å². The maximum Gasteiger partial charge on any atom is 0.273 e. The standard InChI is InChI=1S/C16H17N5O3/c22-15-12-3-1-2-4-13(12)16(23)21(18-15)7-6-20-9-14(17-19-20)11-5-8-24-10-11/h1-4,9,11H,5-8,10H2,(H,18,22). The summed E-state index contributed by atoms with van der Waals surface area (Å²) in [5, 5.41) is 11.7. The maximum absolute atomic E-state index is 12.4. The summed E-state index contributed by atoms with van der Waals surface area (Å²) < 4.78 is 8.37. The number of benzene rings is 1. The van der Waals surface area contributed by atoms with Crippen molar-refractivity contribution in [1.82, 2.24) is 24.8 Å². The van der Waals surface area contributed by atoms with Crippen LogP contribution in [0.25, 0.3) is 10.8 Å². The van der Waals surface area contributed by atoms with Crippen LogP contribution in [0, 0.1) is 0 Å². The number of rotatable bonds is 4. The van der Waals surface area contributed by atoms with Crippen LogP contribution in [-0.2, 0) is 17.8 Å². The fourth-order valence-corrected chi connectivity index (χ4v) is 2.98. The number of ether oxygens (including phenoxy) is 1. The molecule has 1 aliphatic rings. The molecule has 0 bridgehead atoms. The van der Waals surface area contributed by atoms with Gasteiger partial charge in [0.1, 0.15) is 0 Å². The van der Waals surface area contributed by atoms with E-state index in [0.29, 0.717) is 36.4 Å². The van der Waals surface area contributed by atoms with Gasteiger partial charge in [0.15, 0.2) is 0 Å². The number of aryl methyl sites for hydroxylation is 2. The van der Waals surface area contributed by atoms with Crippen molar-refractivity contribution in [2.24, 2.45) is 0 Å². The van der Waals surface area contributed by atoms with E-state index >= 15 is 0 Å². The predicted octanol–water partition coefficient (Wildman–Crippen LogP) is 0.485. The summed E-state index contributed by atoms with van der Waals surface area (Å²) in [6.07, 6.45) is 2.83. The molecule has 1 fully saturated rings. The van der Waals surface area contributed by atoms with Crippen molar-refractivity contribution in [3.63, 3.8) is 0 Å². The van der Waals surface area contributed by atoms with Gasteiger partial charge in [0.2, 0.25) is 0 Å².